The van der Waals surface area contributed by atoms with Gasteiger partial charge in [0.05, 0.1) is 10.6 Å². The van der Waals surface area contributed by atoms with Gasteiger partial charge in [-0.2, -0.15) is 0 Å². The van der Waals surface area contributed by atoms with E-state index in [-0.39, 0.29) is 10.6 Å². The Balaban J connectivity index is 1.97. The standard InChI is InChI=1S/C24H24F2N2O3S/c1-3-17-6-5-7-18(4-2)24(17)27-23(29)16-28(21-12-8-19(25)9-13-21)32(30,31)22-14-10-20(26)11-15-22/h5-15H,3-4,16H2,1-2H3,(H,27,29). The minimum atomic E-state index is -4.22. The van der Waals surface area contributed by atoms with Crippen molar-refractivity contribution in [3.8, 4) is 0 Å². The molecule has 0 aliphatic rings. The maximum absolute atomic E-state index is 13.4. The van der Waals surface area contributed by atoms with Crippen molar-refractivity contribution in [2.24, 2.45) is 0 Å². The number of para-hydroxylation sites is 1. The molecule has 1 amide bonds. The number of benzene rings is 3. The predicted octanol–water partition coefficient (Wildman–Crippen LogP) is 4.92. The van der Waals surface area contributed by atoms with E-state index in [1.807, 2.05) is 32.0 Å². The second kappa shape index (κ2) is 9.91. The molecule has 0 atom stereocenters. The Hall–Kier alpha value is -3.26. The zero-order valence-electron chi connectivity index (χ0n) is 17.8. The Labute approximate surface area is 186 Å². The van der Waals surface area contributed by atoms with Gasteiger partial charge >= 0.3 is 0 Å². The molecule has 0 radical (unpaired) electrons. The first-order valence-corrected chi connectivity index (χ1v) is 11.6. The summed E-state index contributed by atoms with van der Waals surface area (Å²) in [5, 5.41) is 2.85. The lowest BCUT2D eigenvalue weighted by Crippen LogP contribution is -2.38. The highest BCUT2D eigenvalue weighted by Crippen LogP contribution is 2.26. The van der Waals surface area contributed by atoms with Crippen LogP contribution < -0.4 is 9.62 Å². The lowest BCUT2D eigenvalue weighted by atomic mass is 10.0. The summed E-state index contributed by atoms with van der Waals surface area (Å²) in [6.07, 6.45) is 1.39. The maximum atomic E-state index is 13.4. The molecule has 3 aromatic carbocycles. The molecular formula is C24H24F2N2O3S. The second-order valence-corrected chi connectivity index (χ2v) is 9.01. The summed E-state index contributed by atoms with van der Waals surface area (Å²) in [6, 6.07) is 14.8. The van der Waals surface area contributed by atoms with Crippen molar-refractivity contribution in [1.82, 2.24) is 0 Å². The fourth-order valence-corrected chi connectivity index (χ4v) is 4.79. The van der Waals surface area contributed by atoms with E-state index in [4.69, 9.17) is 0 Å². The van der Waals surface area contributed by atoms with Crippen molar-refractivity contribution in [2.45, 2.75) is 31.6 Å². The first-order valence-electron chi connectivity index (χ1n) is 10.2. The minimum absolute atomic E-state index is 0.116. The molecule has 0 aromatic heterocycles. The van der Waals surface area contributed by atoms with Crippen molar-refractivity contribution in [2.75, 3.05) is 16.2 Å². The van der Waals surface area contributed by atoms with E-state index in [0.717, 1.165) is 51.8 Å². The average Bonchev–Trinajstić information content (AvgIpc) is 2.78. The highest BCUT2D eigenvalue weighted by Gasteiger charge is 2.28. The van der Waals surface area contributed by atoms with Gasteiger partial charge in [-0.3, -0.25) is 9.10 Å². The third-order valence-electron chi connectivity index (χ3n) is 5.07. The quantitative estimate of drug-likeness (QED) is 0.521. The molecule has 1 N–H and O–H groups in total. The van der Waals surface area contributed by atoms with Gasteiger partial charge in [-0.05, 0) is 72.5 Å². The smallest absolute Gasteiger partial charge is 0.264 e. The topological polar surface area (TPSA) is 66.5 Å². The first-order chi connectivity index (χ1) is 15.3. The van der Waals surface area contributed by atoms with E-state index in [1.54, 1.807) is 0 Å². The summed E-state index contributed by atoms with van der Waals surface area (Å²) in [6.45, 7) is 3.40. The molecule has 3 rings (SSSR count). The average molecular weight is 459 g/mol. The third-order valence-corrected chi connectivity index (χ3v) is 6.85. The van der Waals surface area contributed by atoms with Gasteiger partial charge < -0.3 is 5.32 Å². The SMILES string of the molecule is CCc1cccc(CC)c1NC(=O)CN(c1ccc(F)cc1)S(=O)(=O)c1ccc(F)cc1. The van der Waals surface area contributed by atoms with Crippen LogP contribution >= 0.6 is 0 Å². The van der Waals surface area contributed by atoms with Crippen LogP contribution in [0.15, 0.2) is 71.6 Å². The van der Waals surface area contributed by atoms with Crippen molar-refractivity contribution >= 4 is 27.3 Å². The molecule has 0 fully saturated rings. The Morgan fingerprint density at radius 3 is 1.84 bits per heavy atom. The Morgan fingerprint density at radius 1 is 0.844 bits per heavy atom. The van der Waals surface area contributed by atoms with Crippen LogP contribution in [0.1, 0.15) is 25.0 Å². The van der Waals surface area contributed by atoms with E-state index in [1.165, 1.54) is 12.1 Å². The molecule has 8 heteroatoms. The molecule has 3 aromatic rings. The zero-order chi connectivity index (χ0) is 23.3. The molecule has 168 valence electrons. The molecule has 0 spiro atoms. The fraction of sp³-hybridized carbons (Fsp3) is 0.208. The van der Waals surface area contributed by atoms with Gasteiger partial charge in [0, 0.05) is 5.69 Å². The minimum Gasteiger partial charge on any atom is -0.324 e. The van der Waals surface area contributed by atoms with Gasteiger partial charge in [-0.25, -0.2) is 17.2 Å². The van der Waals surface area contributed by atoms with Crippen LogP contribution in [0.2, 0.25) is 0 Å². The Bertz CT molecular complexity index is 1170. The lowest BCUT2D eigenvalue weighted by molar-refractivity contribution is -0.114. The zero-order valence-corrected chi connectivity index (χ0v) is 18.6. The maximum Gasteiger partial charge on any atom is 0.264 e. The van der Waals surface area contributed by atoms with Crippen LogP contribution in [0.5, 0.6) is 0 Å². The summed E-state index contributed by atoms with van der Waals surface area (Å²) in [7, 11) is -4.22. The lowest BCUT2D eigenvalue weighted by Gasteiger charge is -2.25. The number of rotatable bonds is 8. The number of nitrogens with one attached hydrogen (secondary N) is 1. The van der Waals surface area contributed by atoms with Gasteiger partial charge in [-0.1, -0.05) is 32.0 Å². The number of anilines is 2. The Kier molecular flexibility index (Phi) is 7.25. The van der Waals surface area contributed by atoms with E-state index in [9.17, 15) is 22.0 Å². The largest absolute Gasteiger partial charge is 0.324 e. The van der Waals surface area contributed by atoms with Gasteiger partial charge in [0.15, 0.2) is 0 Å². The number of hydrogen-bond donors (Lipinski definition) is 1. The van der Waals surface area contributed by atoms with E-state index < -0.39 is 34.1 Å². The first kappa shape index (κ1) is 23.4. The fourth-order valence-electron chi connectivity index (χ4n) is 3.37. The van der Waals surface area contributed by atoms with Crippen molar-refractivity contribution in [3.63, 3.8) is 0 Å². The molecule has 0 heterocycles. The molecule has 0 saturated heterocycles. The van der Waals surface area contributed by atoms with Crippen molar-refractivity contribution in [1.29, 1.82) is 0 Å². The summed E-state index contributed by atoms with van der Waals surface area (Å²) in [5.74, 6) is -1.67. The molecular weight excluding hydrogens is 434 g/mol. The molecule has 0 saturated carbocycles. The Morgan fingerprint density at radius 2 is 1.34 bits per heavy atom. The highest BCUT2D eigenvalue weighted by molar-refractivity contribution is 7.92. The van der Waals surface area contributed by atoms with Gasteiger partial charge in [-0.15, -0.1) is 0 Å². The van der Waals surface area contributed by atoms with Gasteiger partial charge in [0.25, 0.3) is 10.0 Å². The number of carbonyl (C=O) groups is 1. The summed E-state index contributed by atoms with van der Waals surface area (Å²) in [5.41, 5.74) is 2.66. The molecule has 5 nitrogen and oxygen atoms in total. The molecule has 0 bridgehead atoms. The predicted molar refractivity (Wildman–Crippen MR) is 121 cm³/mol. The number of hydrogen-bond acceptors (Lipinski definition) is 3. The molecule has 0 aliphatic heterocycles. The van der Waals surface area contributed by atoms with E-state index in [0.29, 0.717) is 18.5 Å². The highest BCUT2D eigenvalue weighted by atomic mass is 32.2. The number of nitrogens with zero attached hydrogens (tertiary/aromatic N) is 1. The monoisotopic (exact) mass is 458 g/mol. The van der Waals surface area contributed by atoms with Gasteiger partial charge in [0.1, 0.15) is 18.2 Å². The third kappa shape index (κ3) is 5.13. The van der Waals surface area contributed by atoms with E-state index in [2.05, 4.69) is 5.32 Å². The summed E-state index contributed by atoms with van der Waals surface area (Å²) in [4.78, 5) is 12.8. The number of amides is 1. The van der Waals surface area contributed by atoms with Crippen LogP contribution in [-0.2, 0) is 27.7 Å². The van der Waals surface area contributed by atoms with Crippen LogP contribution in [0.3, 0.4) is 0 Å². The summed E-state index contributed by atoms with van der Waals surface area (Å²) < 4.78 is 54.2. The van der Waals surface area contributed by atoms with Crippen LogP contribution in [0.4, 0.5) is 20.2 Å². The molecule has 32 heavy (non-hydrogen) atoms. The van der Waals surface area contributed by atoms with Crippen molar-refractivity contribution in [3.05, 3.63) is 89.5 Å². The number of carbonyl (C=O) groups excluding carboxylic acids is 1. The van der Waals surface area contributed by atoms with Gasteiger partial charge in [0.2, 0.25) is 5.91 Å². The normalized spacial score (nSPS) is 11.2. The van der Waals surface area contributed by atoms with Crippen LogP contribution in [0.25, 0.3) is 0 Å². The molecule has 0 unspecified atom stereocenters. The number of halogens is 2. The number of aryl methyl sites for hydroxylation is 2. The van der Waals surface area contributed by atoms with Crippen molar-refractivity contribution < 1.29 is 22.0 Å². The van der Waals surface area contributed by atoms with Crippen LogP contribution in [0, 0.1) is 11.6 Å². The van der Waals surface area contributed by atoms with E-state index >= 15 is 0 Å². The molecule has 0 aliphatic carbocycles. The second-order valence-electron chi connectivity index (χ2n) is 7.15. The number of sulfonamides is 1. The summed E-state index contributed by atoms with van der Waals surface area (Å²) >= 11 is 0. The van der Waals surface area contributed by atoms with Crippen LogP contribution in [-0.4, -0.2) is 20.9 Å².